The van der Waals surface area contributed by atoms with Crippen LogP contribution in [0.2, 0.25) is 0 Å². The number of hydrogen-bond acceptors (Lipinski definition) is 7. The summed E-state index contributed by atoms with van der Waals surface area (Å²) in [7, 11) is 4.01. The number of allylic oxidation sites excluding steroid dienone is 2. The second-order valence-electron chi connectivity index (χ2n) is 19.0. The zero-order chi connectivity index (χ0) is 45.7. The Morgan fingerprint density at radius 3 is 1.48 bits per heavy atom. The molecular weight excluding hydrogens is 771 g/mol. The van der Waals surface area contributed by atoms with Crippen molar-refractivity contribution in [1.82, 2.24) is 4.90 Å². The average Bonchev–Trinajstić information content (AvgIpc) is 3.61. The first-order valence-electron chi connectivity index (χ1n) is 27.1. The van der Waals surface area contributed by atoms with Crippen molar-refractivity contribution < 1.29 is 28.6 Å². The fourth-order valence-corrected chi connectivity index (χ4v) is 8.77. The topological polar surface area (TPSA) is 82.1 Å². The van der Waals surface area contributed by atoms with Gasteiger partial charge in [-0.1, -0.05) is 207 Å². The fraction of sp³-hybridized carbons (Fsp3) is 0.909. The number of rotatable bonds is 42. The van der Waals surface area contributed by atoms with E-state index in [1.54, 1.807) is 0 Å². The van der Waals surface area contributed by atoms with E-state index in [1.807, 2.05) is 14.1 Å². The van der Waals surface area contributed by atoms with E-state index >= 15 is 0 Å². The summed E-state index contributed by atoms with van der Waals surface area (Å²) in [6, 6.07) is 0. The summed E-state index contributed by atoms with van der Waals surface area (Å²) in [6.45, 7) is 12.2. The zero-order valence-corrected chi connectivity index (χ0v) is 42.4. The smallest absolute Gasteiger partial charge is 0.306 e. The van der Waals surface area contributed by atoms with Crippen molar-refractivity contribution in [2.24, 2.45) is 11.8 Å². The first-order chi connectivity index (χ1) is 30.2. The molecule has 1 aliphatic carbocycles. The van der Waals surface area contributed by atoms with Crippen LogP contribution in [-0.2, 0) is 28.6 Å². The van der Waals surface area contributed by atoms with Crippen LogP contribution in [0.1, 0.15) is 272 Å². The minimum atomic E-state index is -0.206. The van der Waals surface area contributed by atoms with Gasteiger partial charge in [0.1, 0.15) is 12.2 Å². The molecule has 7 heteroatoms. The van der Waals surface area contributed by atoms with Gasteiger partial charge < -0.3 is 19.1 Å². The van der Waals surface area contributed by atoms with Crippen molar-refractivity contribution in [2.75, 3.05) is 27.2 Å². The van der Waals surface area contributed by atoms with Crippen molar-refractivity contribution in [3.05, 3.63) is 12.2 Å². The van der Waals surface area contributed by atoms with E-state index in [0.717, 1.165) is 70.8 Å². The number of carbonyl (C=O) groups excluding carboxylic acids is 3. The van der Waals surface area contributed by atoms with Gasteiger partial charge in [0.05, 0.1) is 6.61 Å². The van der Waals surface area contributed by atoms with Crippen LogP contribution >= 0.6 is 0 Å². The molecule has 62 heavy (non-hydrogen) atoms. The third kappa shape index (κ3) is 38.6. The number of ether oxygens (including phenoxy) is 3. The lowest BCUT2D eigenvalue weighted by Crippen LogP contribution is -2.27. The highest BCUT2D eigenvalue weighted by atomic mass is 16.6. The third-order valence-corrected chi connectivity index (χ3v) is 12.7. The number of esters is 3. The van der Waals surface area contributed by atoms with Crippen LogP contribution in [0.3, 0.4) is 0 Å². The molecule has 1 rings (SSSR count). The summed E-state index contributed by atoms with van der Waals surface area (Å²) in [5.41, 5.74) is 0. The van der Waals surface area contributed by atoms with Gasteiger partial charge in [-0.3, -0.25) is 14.4 Å². The summed E-state index contributed by atoms with van der Waals surface area (Å²) in [5.74, 6) is -0.203. The van der Waals surface area contributed by atoms with Crippen molar-refractivity contribution >= 4 is 17.9 Å². The van der Waals surface area contributed by atoms with E-state index in [-0.39, 0.29) is 48.6 Å². The molecule has 0 aromatic rings. The first kappa shape index (κ1) is 60.1. The lowest BCUT2D eigenvalue weighted by molar-refractivity contribution is -0.152. The van der Waals surface area contributed by atoms with Gasteiger partial charge in [-0.15, -0.1) is 0 Å². The number of carbonyl (C=O) groups is 3. The molecule has 0 amide bonds. The molecule has 0 heterocycles. The van der Waals surface area contributed by atoms with Crippen LogP contribution < -0.4 is 0 Å². The first-order valence-corrected chi connectivity index (χ1v) is 27.1. The Balaban J connectivity index is 0.00000420. The van der Waals surface area contributed by atoms with Crippen molar-refractivity contribution in [3.8, 4) is 0 Å². The Bertz CT molecular complexity index is 1020. The quantitative estimate of drug-likeness (QED) is 0.0261. The van der Waals surface area contributed by atoms with Gasteiger partial charge >= 0.3 is 17.9 Å². The molecule has 0 aromatic carbocycles. The normalized spacial score (nSPS) is 16.7. The largest absolute Gasteiger partial charge is 0.466 e. The lowest BCUT2D eigenvalue weighted by Gasteiger charge is -2.24. The van der Waals surface area contributed by atoms with Gasteiger partial charge in [0.15, 0.2) is 0 Å². The fourth-order valence-electron chi connectivity index (χ4n) is 8.77. The molecule has 0 radical (unpaired) electrons. The van der Waals surface area contributed by atoms with Crippen molar-refractivity contribution in [1.29, 1.82) is 0 Å². The Hall–Kier alpha value is -1.89. The minimum Gasteiger partial charge on any atom is -0.466 e. The Morgan fingerprint density at radius 2 is 1.00 bits per heavy atom. The van der Waals surface area contributed by atoms with E-state index in [0.29, 0.717) is 25.7 Å². The molecule has 0 spiro atoms. The van der Waals surface area contributed by atoms with E-state index < -0.39 is 0 Å². The molecule has 0 N–H and O–H groups in total. The monoisotopic (exact) mass is 876 g/mol. The van der Waals surface area contributed by atoms with Crippen LogP contribution in [0.4, 0.5) is 0 Å². The Morgan fingerprint density at radius 1 is 0.532 bits per heavy atom. The molecule has 7 nitrogen and oxygen atoms in total. The van der Waals surface area contributed by atoms with Crippen molar-refractivity contribution in [3.63, 3.8) is 0 Å². The van der Waals surface area contributed by atoms with Crippen LogP contribution in [-0.4, -0.2) is 62.3 Å². The number of nitrogens with zero attached hydrogens (tertiary/aromatic N) is 1. The van der Waals surface area contributed by atoms with Gasteiger partial charge in [-0.2, -0.15) is 0 Å². The second-order valence-corrected chi connectivity index (χ2v) is 19.0. The molecule has 4 unspecified atom stereocenters. The summed E-state index contributed by atoms with van der Waals surface area (Å²) in [4.78, 5) is 40.5. The van der Waals surface area contributed by atoms with E-state index in [1.165, 1.54) is 148 Å². The zero-order valence-electron chi connectivity index (χ0n) is 42.4. The van der Waals surface area contributed by atoms with Crippen LogP contribution in [0.5, 0.6) is 0 Å². The van der Waals surface area contributed by atoms with Gasteiger partial charge in [0.2, 0.25) is 0 Å². The molecule has 366 valence electrons. The van der Waals surface area contributed by atoms with Crippen LogP contribution in [0.25, 0.3) is 0 Å². The highest BCUT2D eigenvalue weighted by Crippen LogP contribution is 2.39. The molecule has 0 aromatic heterocycles. The summed E-state index contributed by atoms with van der Waals surface area (Å²) in [6.07, 6.45) is 46.0. The van der Waals surface area contributed by atoms with Crippen LogP contribution in [0, 0.1) is 11.8 Å². The van der Waals surface area contributed by atoms with Crippen molar-refractivity contribution in [2.45, 2.75) is 284 Å². The molecule has 1 saturated carbocycles. The summed E-state index contributed by atoms with van der Waals surface area (Å²) < 4.78 is 17.7. The highest BCUT2D eigenvalue weighted by molar-refractivity contribution is 5.71. The molecule has 1 fully saturated rings. The SMILES string of the molecule is CC/C=C\CC1C(CC(=O)OCCC(CCCCCCCCCCCCCCCCCC)OC(=O)CCCCCCC)CCC1OC(=O)CCCN(C)C.CCCCCCCC. The van der Waals surface area contributed by atoms with E-state index in [4.69, 9.17) is 14.2 Å². The number of hydrogen-bond donors (Lipinski definition) is 0. The van der Waals surface area contributed by atoms with Gasteiger partial charge in [-0.05, 0) is 77.9 Å². The third-order valence-electron chi connectivity index (χ3n) is 12.7. The van der Waals surface area contributed by atoms with Gasteiger partial charge in [0.25, 0.3) is 0 Å². The minimum absolute atomic E-state index is 0.115. The standard InChI is InChI=1S/C47H87NO6.C8H18/c1-6-9-12-14-15-16-17-18-19-20-21-22-23-24-26-28-31-42(53-45(49)33-29-25-13-10-7-2)37-39-52-47(51)40-41-35-36-44(43(41)32-27-11-8-3)54-46(50)34-30-38-48(4)5;1-3-5-7-8-6-4-2/h11,27,41-44H,6-10,12-26,28-40H2,1-5H3;3-8H2,1-2H3/b27-11-;. The predicted octanol–water partition coefficient (Wildman–Crippen LogP) is 16.2. The Labute approximate surface area is 385 Å². The Kier molecular flexibility index (Phi) is 44.3. The van der Waals surface area contributed by atoms with Crippen LogP contribution in [0.15, 0.2) is 12.2 Å². The van der Waals surface area contributed by atoms with Gasteiger partial charge in [0, 0.05) is 31.6 Å². The van der Waals surface area contributed by atoms with E-state index in [2.05, 4.69) is 51.7 Å². The predicted molar refractivity (Wildman–Crippen MR) is 265 cm³/mol. The molecule has 4 atom stereocenters. The summed E-state index contributed by atoms with van der Waals surface area (Å²) in [5, 5.41) is 0. The molecule has 0 bridgehead atoms. The lowest BCUT2D eigenvalue weighted by atomic mass is 9.88. The van der Waals surface area contributed by atoms with Gasteiger partial charge in [-0.25, -0.2) is 0 Å². The summed E-state index contributed by atoms with van der Waals surface area (Å²) >= 11 is 0. The average molecular weight is 876 g/mol. The molecule has 0 aliphatic heterocycles. The second kappa shape index (κ2) is 45.7. The molecule has 0 saturated heterocycles. The maximum absolute atomic E-state index is 13.1. The molecular formula is C55H105NO6. The highest BCUT2D eigenvalue weighted by Gasteiger charge is 2.39. The maximum Gasteiger partial charge on any atom is 0.306 e. The number of unbranched alkanes of at least 4 members (excludes halogenated alkanes) is 24. The van der Waals surface area contributed by atoms with E-state index in [9.17, 15) is 14.4 Å². The molecule has 1 aliphatic rings. The maximum atomic E-state index is 13.1.